The van der Waals surface area contributed by atoms with Gasteiger partial charge in [0.2, 0.25) is 10.0 Å². The molecule has 158 valence electrons. The van der Waals surface area contributed by atoms with Crippen LogP contribution >= 0.6 is 11.6 Å². The Hall–Kier alpha value is -2.73. The zero-order chi connectivity index (χ0) is 21.9. The minimum Gasteiger partial charge on any atom is -0.468 e. The second kappa shape index (κ2) is 8.56. The van der Waals surface area contributed by atoms with Crippen LogP contribution in [0.1, 0.15) is 11.0 Å². The van der Waals surface area contributed by atoms with Gasteiger partial charge in [0, 0.05) is 23.7 Å². The molecule has 9 nitrogen and oxygen atoms in total. The Morgan fingerprint density at radius 3 is 2.10 bits per heavy atom. The van der Waals surface area contributed by atoms with E-state index in [1.807, 2.05) is 0 Å². The lowest BCUT2D eigenvalue weighted by atomic mass is 10.3. The van der Waals surface area contributed by atoms with Crippen LogP contribution in [0.25, 0.3) is 0 Å². The van der Waals surface area contributed by atoms with Gasteiger partial charge in [-0.1, -0.05) is 11.6 Å². The van der Waals surface area contributed by atoms with Gasteiger partial charge in [0.1, 0.15) is 11.0 Å². The Labute approximate surface area is 177 Å². The number of benzene rings is 2. The second-order valence-electron chi connectivity index (χ2n) is 6.11. The van der Waals surface area contributed by atoms with E-state index in [1.165, 1.54) is 42.7 Å². The quantitative estimate of drug-likeness (QED) is 0.393. The van der Waals surface area contributed by atoms with E-state index >= 15 is 0 Å². The highest BCUT2D eigenvalue weighted by molar-refractivity contribution is 7.92. The number of sulfone groups is 1. The molecule has 0 bridgehead atoms. The van der Waals surface area contributed by atoms with Crippen molar-refractivity contribution in [1.82, 2.24) is 4.72 Å². The van der Waals surface area contributed by atoms with Crippen LogP contribution in [0, 0.1) is 10.1 Å². The number of halogens is 1. The van der Waals surface area contributed by atoms with Crippen LogP contribution in [0.4, 0.5) is 5.69 Å². The summed E-state index contributed by atoms with van der Waals surface area (Å²) in [5.74, 6) is 0.0522. The number of furan rings is 1. The third kappa shape index (κ3) is 4.70. The van der Waals surface area contributed by atoms with E-state index in [0.717, 1.165) is 24.3 Å². The summed E-state index contributed by atoms with van der Waals surface area (Å²) in [5.41, 5.74) is -0.271. The van der Waals surface area contributed by atoms with Crippen molar-refractivity contribution in [3.8, 4) is 0 Å². The molecule has 0 saturated carbocycles. The lowest BCUT2D eigenvalue weighted by Gasteiger charge is -2.17. The lowest BCUT2D eigenvalue weighted by molar-refractivity contribution is -0.384. The van der Waals surface area contributed by atoms with Gasteiger partial charge in [0.25, 0.3) is 5.69 Å². The first kappa shape index (κ1) is 22.0. The fraction of sp³-hybridized carbons (Fsp3) is 0.111. The number of sulfonamides is 1. The van der Waals surface area contributed by atoms with Crippen LogP contribution in [-0.2, 0) is 19.9 Å². The minimum absolute atomic E-state index is 0.0522. The average Bonchev–Trinajstić information content (AvgIpc) is 3.22. The summed E-state index contributed by atoms with van der Waals surface area (Å²) in [6.07, 6.45) is 1.28. The van der Waals surface area contributed by atoms with Gasteiger partial charge in [-0.25, -0.2) is 21.6 Å². The highest BCUT2D eigenvalue weighted by Gasteiger charge is 2.33. The lowest BCUT2D eigenvalue weighted by Crippen LogP contribution is -2.31. The molecule has 0 saturated heterocycles. The molecule has 1 atom stereocenters. The topological polar surface area (TPSA) is 137 Å². The van der Waals surface area contributed by atoms with Gasteiger partial charge in [-0.15, -0.1) is 0 Å². The first-order chi connectivity index (χ1) is 14.1. The highest BCUT2D eigenvalue weighted by atomic mass is 35.5. The smallest absolute Gasteiger partial charge is 0.269 e. The molecule has 1 heterocycles. The summed E-state index contributed by atoms with van der Waals surface area (Å²) in [7, 11) is -8.17. The van der Waals surface area contributed by atoms with Gasteiger partial charge in [-0.05, 0) is 48.5 Å². The van der Waals surface area contributed by atoms with Crippen molar-refractivity contribution in [3.63, 3.8) is 0 Å². The average molecular weight is 471 g/mol. The summed E-state index contributed by atoms with van der Waals surface area (Å²) in [5, 5.41) is 9.73. The van der Waals surface area contributed by atoms with Gasteiger partial charge in [0.05, 0.1) is 21.0 Å². The predicted molar refractivity (Wildman–Crippen MR) is 108 cm³/mol. The number of non-ortho nitro benzene ring substituents is 1. The largest absolute Gasteiger partial charge is 0.468 e. The number of hydrogen-bond acceptors (Lipinski definition) is 7. The molecule has 3 rings (SSSR count). The van der Waals surface area contributed by atoms with Crippen molar-refractivity contribution in [2.75, 3.05) is 6.54 Å². The van der Waals surface area contributed by atoms with Crippen molar-refractivity contribution in [3.05, 3.63) is 87.8 Å². The molecule has 0 aliphatic rings. The Bertz CT molecular complexity index is 1240. The molecule has 12 heteroatoms. The minimum atomic E-state index is -4.14. The van der Waals surface area contributed by atoms with Crippen LogP contribution in [0.15, 0.2) is 81.1 Å². The summed E-state index contributed by atoms with van der Waals surface area (Å²) < 4.78 is 58.8. The number of hydrogen-bond donors (Lipinski definition) is 1. The maximum Gasteiger partial charge on any atom is 0.269 e. The standard InChI is InChI=1S/C18H15ClN2O7S2/c19-13-3-7-15(8-4-13)29(24,25)18(17-2-1-11-28-17)12-20-30(26,27)16-9-5-14(6-10-16)21(22)23/h1-11,18,20H,12H2. The molecular weight excluding hydrogens is 456 g/mol. The zero-order valence-electron chi connectivity index (χ0n) is 15.1. The SMILES string of the molecule is O=[N+]([O-])c1ccc(S(=O)(=O)NCC(c2ccco2)S(=O)(=O)c2ccc(Cl)cc2)cc1. The molecule has 30 heavy (non-hydrogen) atoms. The first-order valence-electron chi connectivity index (χ1n) is 8.38. The molecule has 1 N–H and O–H groups in total. The van der Waals surface area contributed by atoms with Crippen LogP contribution in [0.2, 0.25) is 5.02 Å². The van der Waals surface area contributed by atoms with Crippen LogP contribution < -0.4 is 4.72 Å². The molecule has 1 aromatic heterocycles. The van der Waals surface area contributed by atoms with E-state index in [9.17, 15) is 26.9 Å². The Kier molecular flexibility index (Phi) is 6.27. The van der Waals surface area contributed by atoms with Crippen molar-refractivity contribution in [2.24, 2.45) is 0 Å². The molecule has 0 fully saturated rings. The van der Waals surface area contributed by atoms with E-state index in [4.69, 9.17) is 16.0 Å². The molecule has 0 radical (unpaired) electrons. The molecule has 2 aromatic carbocycles. The van der Waals surface area contributed by atoms with Crippen LogP contribution in [0.3, 0.4) is 0 Å². The second-order valence-corrected chi connectivity index (χ2v) is 10.4. The first-order valence-corrected chi connectivity index (χ1v) is 11.8. The number of nitrogens with zero attached hydrogens (tertiary/aromatic N) is 1. The summed E-state index contributed by atoms with van der Waals surface area (Å²) in [6, 6.07) is 12.6. The Balaban J connectivity index is 1.89. The third-order valence-electron chi connectivity index (χ3n) is 4.19. The fourth-order valence-corrected chi connectivity index (χ4v) is 5.51. The third-order valence-corrected chi connectivity index (χ3v) is 7.96. The monoisotopic (exact) mass is 470 g/mol. The molecule has 1 unspecified atom stereocenters. The fourth-order valence-electron chi connectivity index (χ4n) is 2.64. The zero-order valence-corrected chi connectivity index (χ0v) is 17.5. The van der Waals surface area contributed by atoms with E-state index in [0.29, 0.717) is 5.02 Å². The number of rotatable bonds is 8. The molecule has 0 aliphatic carbocycles. The van der Waals surface area contributed by atoms with Gasteiger partial charge < -0.3 is 4.42 Å². The van der Waals surface area contributed by atoms with Crippen molar-refractivity contribution < 1.29 is 26.2 Å². The Morgan fingerprint density at radius 1 is 0.967 bits per heavy atom. The Morgan fingerprint density at radius 2 is 1.57 bits per heavy atom. The molecular formula is C18H15ClN2O7S2. The van der Waals surface area contributed by atoms with E-state index in [1.54, 1.807) is 0 Å². The van der Waals surface area contributed by atoms with E-state index in [-0.39, 0.29) is 21.2 Å². The predicted octanol–water partition coefficient (Wildman–Crippen LogP) is 3.33. The molecule has 0 aliphatic heterocycles. The normalized spacial score (nSPS) is 13.1. The van der Waals surface area contributed by atoms with Gasteiger partial charge in [-0.3, -0.25) is 10.1 Å². The van der Waals surface area contributed by atoms with E-state index in [2.05, 4.69) is 4.72 Å². The molecule has 3 aromatic rings. The van der Waals surface area contributed by atoms with Crippen LogP contribution in [-0.4, -0.2) is 28.3 Å². The van der Waals surface area contributed by atoms with Crippen molar-refractivity contribution in [1.29, 1.82) is 0 Å². The van der Waals surface area contributed by atoms with E-state index < -0.39 is 36.6 Å². The number of nitro benzene ring substituents is 1. The summed E-state index contributed by atoms with van der Waals surface area (Å²) >= 11 is 5.81. The van der Waals surface area contributed by atoms with Gasteiger partial charge in [-0.2, -0.15) is 0 Å². The maximum absolute atomic E-state index is 13.1. The van der Waals surface area contributed by atoms with Gasteiger partial charge in [0.15, 0.2) is 9.84 Å². The highest BCUT2D eigenvalue weighted by Crippen LogP contribution is 2.30. The number of nitro groups is 1. The number of nitrogens with one attached hydrogen (secondary N) is 1. The van der Waals surface area contributed by atoms with Gasteiger partial charge >= 0.3 is 0 Å². The van der Waals surface area contributed by atoms with Crippen LogP contribution in [0.5, 0.6) is 0 Å². The molecule has 0 amide bonds. The summed E-state index contributed by atoms with van der Waals surface area (Å²) in [6.45, 7) is -0.516. The molecule has 0 spiro atoms. The van der Waals surface area contributed by atoms with Crippen molar-refractivity contribution in [2.45, 2.75) is 15.0 Å². The summed E-state index contributed by atoms with van der Waals surface area (Å²) in [4.78, 5) is 9.78. The maximum atomic E-state index is 13.1. The van der Waals surface area contributed by atoms with Crippen molar-refractivity contribution >= 4 is 37.1 Å².